The molecule has 1 aromatic rings. The van der Waals surface area contributed by atoms with Crippen LogP contribution in [0.3, 0.4) is 0 Å². The molecule has 0 spiro atoms. The molecular weight excluding hydrogens is 372 g/mol. The number of hydrogen-bond donors (Lipinski definition) is 1. The van der Waals surface area contributed by atoms with Crippen molar-refractivity contribution in [1.29, 1.82) is 0 Å². The summed E-state index contributed by atoms with van der Waals surface area (Å²) in [5.41, 5.74) is 0. The van der Waals surface area contributed by atoms with Crippen molar-refractivity contribution in [3.8, 4) is 0 Å². The summed E-state index contributed by atoms with van der Waals surface area (Å²) in [6.45, 7) is 6.00. The first-order valence-corrected chi connectivity index (χ1v) is 11.4. The first-order chi connectivity index (χ1) is 13.6. The van der Waals surface area contributed by atoms with Gasteiger partial charge < -0.3 is 15.0 Å². The van der Waals surface area contributed by atoms with Crippen LogP contribution in [0.2, 0.25) is 0 Å². The van der Waals surface area contributed by atoms with Gasteiger partial charge in [0.1, 0.15) is 0 Å². The Morgan fingerprint density at radius 1 is 1.36 bits per heavy atom. The number of carbonyl (C=O) groups is 1. The number of likely N-dealkylation sites (tertiary alicyclic amines) is 2. The standard InChI is InChI=1S/C21H34N4O2S/c1-4-27-20(26)17-9-6-12-25(15-17)21(22-2)23-14-16-8-5-11-24(3)19(16)18-10-7-13-28-18/h7,10,13,16-17,19H,4-6,8-9,11-12,14-15H2,1-3H3,(H,22,23). The Morgan fingerprint density at radius 2 is 2.18 bits per heavy atom. The SMILES string of the molecule is CCOC(=O)C1CCCN(C(=NC)NCC2CCCN(C)C2c2cccs2)C1. The van der Waals surface area contributed by atoms with E-state index < -0.39 is 0 Å². The van der Waals surface area contributed by atoms with Crippen LogP contribution in [0.1, 0.15) is 43.5 Å². The van der Waals surface area contributed by atoms with Gasteiger partial charge in [-0.25, -0.2) is 0 Å². The zero-order valence-electron chi connectivity index (χ0n) is 17.4. The Hall–Kier alpha value is -1.60. The molecule has 3 rings (SSSR count). The molecule has 0 amide bonds. The molecule has 0 radical (unpaired) electrons. The van der Waals surface area contributed by atoms with Crippen molar-refractivity contribution in [2.24, 2.45) is 16.8 Å². The molecule has 3 heterocycles. The lowest BCUT2D eigenvalue weighted by molar-refractivity contribution is -0.149. The highest BCUT2D eigenvalue weighted by atomic mass is 32.1. The van der Waals surface area contributed by atoms with Crippen LogP contribution in [-0.4, -0.2) is 68.6 Å². The highest BCUT2D eigenvalue weighted by Crippen LogP contribution is 2.36. The fraction of sp³-hybridized carbons (Fsp3) is 0.714. The molecule has 7 heteroatoms. The molecule has 28 heavy (non-hydrogen) atoms. The van der Waals surface area contributed by atoms with Crippen LogP contribution in [0.5, 0.6) is 0 Å². The third-order valence-corrected chi connectivity index (χ3v) is 6.86. The molecule has 0 aliphatic carbocycles. The summed E-state index contributed by atoms with van der Waals surface area (Å²) in [4.78, 5) is 22.8. The largest absolute Gasteiger partial charge is 0.466 e. The van der Waals surface area contributed by atoms with E-state index in [1.54, 1.807) is 0 Å². The van der Waals surface area contributed by atoms with Crippen molar-refractivity contribution in [2.75, 3.05) is 46.9 Å². The van der Waals surface area contributed by atoms with Crippen LogP contribution in [0.15, 0.2) is 22.5 Å². The summed E-state index contributed by atoms with van der Waals surface area (Å²) in [7, 11) is 4.07. The molecule has 2 fully saturated rings. The second-order valence-electron chi connectivity index (χ2n) is 7.81. The van der Waals surface area contributed by atoms with Crippen LogP contribution in [-0.2, 0) is 9.53 Å². The van der Waals surface area contributed by atoms with Crippen molar-refractivity contribution < 1.29 is 9.53 Å². The maximum atomic E-state index is 12.2. The average Bonchev–Trinajstić information content (AvgIpc) is 3.23. The molecular formula is C21H34N4O2S. The molecule has 3 atom stereocenters. The fourth-order valence-corrected chi connectivity index (χ4v) is 5.54. The van der Waals surface area contributed by atoms with Gasteiger partial charge >= 0.3 is 5.97 Å². The zero-order chi connectivity index (χ0) is 19.9. The zero-order valence-corrected chi connectivity index (χ0v) is 18.2. The lowest BCUT2D eigenvalue weighted by Crippen LogP contribution is -2.50. The van der Waals surface area contributed by atoms with Gasteiger partial charge in [-0.3, -0.25) is 14.7 Å². The van der Waals surface area contributed by atoms with Crippen molar-refractivity contribution in [3.63, 3.8) is 0 Å². The van der Waals surface area contributed by atoms with E-state index in [4.69, 9.17) is 4.74 Å². The summed E-state index contributed by atoms with van der Waals surface area (Å²) in [6, 6.07) is 4.87. The number of hydrogen-bond acceptors (Lipinski definition) is 5. The predicted octanol–water partition coefficient (Wildman–Crippen LogP) is 2.98. The number of nitrogens with one attached hydrogen (secondary N) is 1. The number of carbonyl (C=O) groups excluding carboxylic acids is 1. The Labute approximate surface area is 173 Å². The highest BCUT2D eigenvalue weighted by Gasteiger charge is 2.32. The van der Waals surface area contributed by atoms with E-state index in [0.29, 0.717) is 25.1 Å². The van der Waals surface area contributed by atoms with Crippen LogP contribution in [0.25, 0.3) is 0 Å². The summed E-state index contributed by atoms with van der Waals surface area (Å²) in [5.74, 6) is 1.34. The summed E-state index contributed by atoms with van der Waals surface area (Å²) >= 11 is 1.85. The molecule has 6 nitrogen and oxygen atoms in total. The van der Waals surface area contributed by atoms with Gasteiger partial charge in [-0.2, -0.15) is 0 Å². The maximum absolute atomic E-state index is 12.2. The molecule has 1 N–H and O–H groups in total. The topological polar surface area (TPSA) is 57.2 Å². The number of piperidine rings is 2. The second-order valence-corrected chi connectivity index (χ2v) is 8.79. The highest BCUT2D eigenvalue weighted by molar-refractivity contribution is 7.10. The van der Waals surface area contributed by atoms with Gasteiger partial charge in [0.15, 0.2) is 5.96 Å². The van der Waals surface area contributed by atoms with Crippen molar-refractivity contribution in [3.05, 3.63) is 22.4 Å². The van der Waals surface area contributed by atoms with Gasteiger partial charge in [-0.05, 0) is 63.6 Å². The summed E-state index contributed by atoms with van der Waals surface area (Å²) < 4.78 is 5.24. The van der Waals surface area contributed by atoms with E-state index in [-0.39, 0.29) is 11.9 Å². The number of thiophene rings is 1. The normalized spacial score (nSPS) is 26.9. The second kappa shape index (κ2) is 10.3. The predicted molar refractivity (Wildman–Crippen MR) is 115 cm³/mol. The fourth-order valence-electron chi connectivity index (χ4n) is 4.56. The Morgan fingerprint density at radius 3 is 2.89 bits per heavy atom. The minimum atomic E-state index is -0.0747. The first-order valence-electron chi connectivity index (χ1n) is 10.5. The number of ether oxygens (including phenoxy) is 1. The van der Waals surface area contributed by atoms with Gasteiger partial charge in [0.05, 0.1) is 12.5 Å². The van der Waals surface area contributed by atoms with Crippen LogP contribution < -0.4 is 5.32 Å². The van der Waals surface area contributed by atoms with E-state index in [9.17, 15) is 4.79 Å². The molecule has 0 bridgehead atoms. The molecule has 0 aromatic carbocycles. The van der Waals surface area contributed by atoms with Gasteiger partial charge in [-0.15, -0.1) is 11.3 Å². The third-order valence-electron chi connectivity index (χ3n) is 5.92. The van der Waals surface area contributed by atoms with E-state index in [0.717, 1.165) is 38.4 Å². The van der Waals surface area contributed by atoms with E-state index in [1.165, 1.54) is 17.7 Å². The average molecular weight is 407 g/mol. The molecule has 1 aromatic heterocycles. The van der Waals surface area contributed by atoms with Gasteiger partial charge in [0.25, 0.3) is 0 Å². The van der Waals surface area contributed by atoms with Crippen LogP contribution in [0, 0.1) is 11.8 Å². The lowest BCUT2D eigenvalue weighted by atomic mass is 9.88. The van der Waals surface area contributed by atoms with Gasteiger partial charge in [0, 0.05) is 37.6 Å². The number of nitrogens with zero attached hydrogens (tertiary/aromatic N) is 3. The molecule has 2 saturated heterocycles. The number of aliphatic imine (C=N–C) groups is 1. The summed E-state index contributed by atoms with van der Waals surface area (Å²) in [6.07, 6.45) is 4.36. The van der Waals surface area contributed by atoms with Crippen molar-refractivity contribution in [1.82, 2.24) is 15.1 Å². The maximum Gasteiger partial charge on any atom is 0.310 e. The van der Waals surface area contributed by atoms with Gasteiger partial charge in [0.2, 0.25) is 0 Å². The Bertz CT molecular complexity index is 649. The van der Waals surface area contributed by atoms with Crippen LogP contribution >= 0.6 is 11.3 Å². The Kier molecular flexibility index (Phi) is 7.73. The smallest absolute Gasteiger partial charge is 0.310 e. The quantitative estimate of drug-likeness (QED) is 0.463. The monoisotopic (exact) mass is 406 g/mol. The van der Waals surface area contributed by atoms with Gasteiger partial charge in [-0.1, -0.05) is 6.07 Å². The number of rotatable bonds is 5. The Balaban J connectivity index is 1.60. The molecule has 3 unspecified atom stereocenters. The van der Waals surface area contributed by atoms with Crippen molar-refractivity contribution in [2.45, 2.75) is 38.6 Å². The summed E-state index contributed by atoms with van der Waals surface area (Å²) in [5, 5.41) is 5.79. The van der Waals surface area contributed by atoms with Crippen molar-refractivity contribution >= 4 is 23.3 Å². The van der Waals surface area contributed by atoms with Crippen LogP contribution in [0.4, 0.5) is 0 Å². The molecule has 0 saturated carbocycles. The van der Waals surface area contributed by atoms with E-state index in [1.807, 2.05) is 25.3 Å². The molecule has 2 aliphatic heterocycles. The molecule has 156 valence electrons. The third kappa shape index (κ3) is 5.06. The number of esters is 1. The minimum Gasteiger partial charge on any atom is -0.466 e. The lowest BCUT2D eigenvalue weighted by Gasteiger charge is -2.40. The minimum absolute atomic E-state index is 0.0491. The molecule has 2 aliphatic rings. The van der Waals surface area contributed by atoms with E-state index in [2.05, 4.69) is 44.7 Å². The first kappa shape index (κ1) is 21.1. The number of guanidine groups is 1. The van der Waals surface area contributed by atoms with E-state index >= 15 is 0 Å².